The minimum Gasteiger partial charge on any atom is -0.508 e. The molecule has 0 radical (unpaired) electrons. The van der Waals surface area contributed by atoms with E-state index in [9.17, 15) is 14.7 Å². The van der Waals surface area contributed by atoms with E-state index in [4.69, 9.17) is 17.0 Å². The monoisotopic (exact) mass is 391 g/mol. The molecule has 1 fully saturated rings. The first-order valence-corrected chi connectivity index (χ1v) is 9.97. The summed E-state index contributed by atoms with van der Waals surface area (Å²) in [5, 5.41) is 10.2. The lowest BCUT2D eigenvalue weighted by atomic mass is 9.84. The number of benzene rings is 1. The molecule has 0 aliphatic carbocycles. The molecule has 0 spiro atoms. The normalized spacial score (nSPS) is 17.4. The topological polar surface area (TPSA) is 66.8 Å². The molecule has 1 atom stereocenters. The number of carbonyl (C=O) groups excluding carboxylic acids is 2. The van der Waals surface area contributed by atoms with Crippen LogP contribution in [-0.2, 0) is 20.7 Å². The molecule has 6 heteroatoms. The number of ether oxygens (including phenoxy) is 1. The maximum Gasteiger partial charge on any atom is 0.291 e. The number of phenols is 1. The zero-order valence-electron chi connectivity index (χ0n) is 16.4. The van der Waals surface area contributed by atoms with Crippen LogP contribution in [0.25, 0.3) is 0 Å². The summed E-state index contributed by atoms with van der Waals surface area (Å²) in [4.78, 5) is 27.0. The Kier molecular flexibility index (Phi) is 7.36. The van der Waals surface area contributed by atoms with Gasteiger partial charge >= 0.3 is 0 Å². The molecule has 0 saturated carbocycles. The number of rotatable bonds is 7. The van der Waals surface area contributed by atoms with Crippen LogP contribution in [0.3, 0.4) is 0 Å². The highest BCUT2D eigenvalue weighted by Gasteiger charge is 2.39. The van der Waals surface area contributed by atoms with Crippen LogP contribution < -0.4 is 0 Å². The van der Waals surface area contributed by atoms with Crippen molar-refractivity contribution in [3.8, 4) is 5.75 Å². The van der Waals surface area contributed by atoms with Gasteiger partial charge in [0.1, 0.15) is 11.8 Å². The number of hydrogen-bond acceptors (Lipinski definition) is 5. The molecule has 1 amide bonds. The molecular weight excluding hydrogens is 362 g/mol. The van der Waals surface area contributed by atoms with E-state index in [-0.39, 0.29) is 17.6 Å². The molecule has 0 aromatic heterocycles. The lowest BCUT2D eigenvalue weighted by Crippen LogP contribution is -2.52. The molecule has 1 aromatic rings. The van der Waals surface area contributed by atoms with Gasteiger partial charge in [0.15, 0.2) is 5.05 Å². The number of hydrogen-bond donors (Lipinski definition) is 1. The number of Topliss-reactive ketones (excluding diaryl/α,β-unsaturated/α-hetero) is 1. The highest BCUT2D eigenvalue weighted by molar-refractivity contribution is 7.80. The molecule has 1 aliphatic heterocycles. The number of aromatic hydroxyl groups is 1. The van der Waals surface area contributed by atoms with Crippen LogP contribution in [0.4, 0.5) is 0 Å². The predicted octanol–water partition coefficient (Wildman–Crippen LogP) is 3.67. The summed E-state index contributed by atoms with van der Waals surface area (Å²) in [6.07, 6.45) is 3.65. The van der Waals surface area contributed by atoms with E-state index in [2.05, 4.69) is 0 Å². The average molecular weight is 392 g/mol. The molecule has 1 unspecified atom stereocenters. The van der Waals surface area contributed by atoms with Gasteiger partial charge in [-0.3, -0.25) is 9.59 Å². The lowest BCUT2D eigenvalue weighted by molar-refractivity contribution is -0.150. The summed E-state index contributed by atoms with van der Waals surface area (Å²) < 4.78 is 5.73. The maximum atomic E-state index is 12.8. The van der Waals surface area contributed by atoms with Crippen LogP contribution in [0.15, 0.2) is 24.3 Å². The van der Waals surface area contributed by atoms with E-state index in [0.29, 0.717) is 37.5 Å². The quantitative estimate of drug-likeness (QED) is 0.567. The van der Waals surface area contributed by atoms with Gasteiger partial charge in [0.2, 0.25) is 5.78 Å². The van der Waals surface area contributed by atoms with E-state index in [0.717, 1.165) is 18.4 Å². The Hall–Kier alpha value is -1.95. The summed E-state index contributed by atoms with van der Waals surface area (Å²) in [7, 11) is 0. The number of piperidine rings is 1. The first-order valence-electron chi connectivity index (χ1n) is 9.57. The Morgan fingerprint density at radius 3 is 2.67 bits per heavy atom. The van der Waals surface area contributed by atoms with Crippen LogP contribution in [0, 0.1) is 5.41 Å². The smallest absolute Gasteiger partial charge is 0.291 e. The van der Waals surface area contributed by atoms with Gasteiger partial charge in [-0.05, 0) is 49.5 Å². The number of nitrogens with zero attached hydrogens (tertiary/aromatic N) is 1. The second-order valence-corrected chi connectivity index (χ2v) is 8.03. The summed E-state index contributed by atoms with van der Waals surface area (Å²) in [5.41, 5.74) is 0.114. The van der Waals surface area contributed by atoms with E-state index < -0.39 is 11.3 Å². The second kappa shape index (κ2) is 9.31. The highest BCUT2D eigenvalue weighted by atomic mass is 32.1. The fourth-order valence-electron chi connectivity index (χ4n) is 3.08. The number of ketones is 1. The van der Waals surface area contributed by atoms with Crippen molar-refractivity contribution < 1.29 is 19.4 Å². The summed E-state index contributed by atoms with van der Waals surface area (Å²) in [6, 6.07) is 6.75. The molecule has 1 aliphatic rings. The van der Waals surface area contributed by atoms with Crippen molar-refractivity contribution in [3.63, 3.8) is 0 Å². The number of carbonyl (C=O) groups is 2. The SMILES string of the molecule is CCC(C)(C)C(=O)C(=O)N1CCCCC1C(=S)OCCc1ccccc1O. The van der Waals surface area contributed by atoms with Gasteiger partial charge in [-0.25, -0.2) is 0 Å². The molecule has 1 saturated heterocycles. The van der Waals surface area contributed by atoms with Crippen LogP contribution >= 0.6 is 12.2 Å². The van der Waals surface area contributed by atoms with Crippen molar-refractivity contribution in [1.82, 2.24) is 4.90 Å². The van der Waals surface area contributed by atoms with Gasteiger partial charge in [0, 0.05) is 18.4 Å². The molecular formula is C21H29NO4S. The number of amides is 1. The van der Waals surface area contributed by atoms with Crippen LogP contribution in [-0.4, -0.2) is 45.9 Å². The van der Waals surface area contributed by atoms with Gasteiger partial charge in [0.25, 0.3) is 5.91 Å². The number of likely N-dealkylation sites (tertiary alicyclic amines) is 1. The maximum absolute atomic E-state index is 12.8. The summed E-state index contributed by atoms with van der Waals surface area (Å²) >= 11 is 5.44. The molecule has 0 bridgehead atoms. The van der Waals surface area contributed by atoms with Crippen LogP contribution in [0.1, 0.15) is 52.0 Å². The third-order valence-electron chi connectivity index (χ3n) is 5.34. The van der Waals surface area contributed by atoms with Crippen molar-refractivity contribution >= 4 is 29.0 Å². The molecule has 1 heterocycles. The fraction of sp³-hybridized carbons (Fsp3) is 0.571. The third kappa shape index (κ3) is 5.28. The predicted molar refractivity (Wildman–Crippen MR) is 109 cm³/mol. The number of para-hydroxylation sites is 1. The van der Waals surface area contributed by atoms with Gasteiger partial charge in [0.05, 0.1) is 6.61 Å². The molecule has 27 heavy (non-hydrogen) atoms. The van der Waals surface area contributed by atoms with Gasteiger partial charge < -0.3 is 14.7 Å². The van der Waals surface area contributed by atoms with Crippen LogP contribution in [0.2, 0.25) is 0 Å². The summed E-state index contributed by atoms with van der Waals surface area (Å²) in [6.45, 7) is 6.35. The lowest BCUT2D eigenvalue weighted by Gasteiger charge is -2.36. The van der Waals surface area contributed by atoms with Crippen molar-refractivity contribution in [2.24, 2.45) is 5.41 Å². The third-order valence-corrected chi connectivity index (χ3v) is 5.73. The zero-order valence-corrected chi connectivity index (χ0v) is 17.2. The van der Waals surface area contributed by atoms with Crippen molar-refractivity contribution in [2.75, 3.05) is 13.2 Å². The largest absolute Gasteiger partial charge is 0.508 e. The average Bonchev–Trinajstić information content (AvgIpc) is 2.68. The minimum atomic E-state index is -0.674. The minimum absolute atomic E-state index is 0.230. The molecule has 148 valence electrons. The molecule has 1 aromatic carbocycles. The number of phenolic OH excluding ortho intramolecular Hbond substituents is 1. The van der Waals surface area contributed by atoms with Crippen molar-refractivity contribution in [3.05, 3.63) is 29.8 Å². The molecule has 2 rings (SSSR count). The van der Waals surface area contributed by atoms with E-state index in [1.54, 1.807) is 30.9 Å². The zero-order chi connectivity index (χ0) is 20.0. The Morgan fingerprint density at radius 2 is 2.00 bits per heavy atom. The van der Waals surface area contributed by atoms with Crippen molar-refractivity contribution in [1.29, 1.82) is 0 Å². The Morgan fingerprint density at radius 1 is 1.30 bits per heavy atom. The summed E-state index contributed by atoms with van der Waals surface area (Å²) in [5.74, 6) is -0.596. The Bertz CT molecular complexity index is 701. The van der Waals surface area contributed by atoms with E-state index >= 15 is 0 Å². The number of thiocarbonyl (C=S) groups is 1. The first kappa shape index (κ1) is 21.4. The van der Waals surface area contributed by atoms with Crippen molar-refractivity contribution in [2.45, 2.75) is 58.9 Å². The first-order chi connectivity index (χ1) is 12.8. The van der Waals surface area contributed by atoms with Gasteiger partial charge in [-0.2, -0.15) is 0 Å². The van der Waals surface area contributed by atoms with Gasteiger partial charge in [-0.1, -0.05) is 39.0 Å². The fourth-order valence-corrected chi connectivity index (χ4v) is 3.41. The van der Waals surface area contributed by atoms with Crippen LogP contribution in [0.5, 0.6) is 5.75 Å². The molecule has 5 nitrogen and oxygen atoms in total. The standard InChI is InChI=1S/C21H29NO4S/c1-4-21(2,3)18(24)19(25)22-13-8-7-10-16(22)20(27)26-14-12-15-9-5-6-11-17(15)23/h5-6,9,11,16,23H,4,7-8,10,12-14H2,1-3H3. The Balaban J connectivity index is 1.99. The second-order valence-electron chi connectivity index (χ2n) is 7.62. The van der Waals surface area contributed by atoms with E-state index in [1.165, 1.54) is 0 Å². The Labute approximate surface area is 166 Å². The highest BCUT2D eigenvalue weighted by Crippen LogP contribution is 2.26. The molecule has 1 N–H and O–H groups in total. The van der Waals surface area contributed by atoms with E-state index in [1.807, 2.05) is 19.1 Å². The van der Waals surface area contributed by atoms with Gasteiger partial charge in [-0.15, -0.1) is 0 Å².